The van der Waals surface area contributed by atoms with Crippen molar-refractivity contribution in [3.63, 3.8) is 0 Å². The fourth-order valence-corrected chi connectivity index (χ4v) is 3.09. The second-order valence-electron chi connectivity index (χ2n) is 6.89. The van der Waals surface area contributed by atoms with Crippen LogP contribution in [-0.2, 0) is 27.9 Å². The molecule has 0 atom stereocenters. The highest BCUT2D eigenvalue weighted by atomic mass is 32.2. The minimum Gasteiger partial charge on any atom is -0.494 e. The summed E-state index contributed by atoms with van der Waals surface area (Å²) in [5, 5.41) is 11.4. The molecule has 2 rings (SSSR count). The quantitative estimate of drug-likeness (QED) is 0.390. The van der Waals surface area contributed by atoms with Crippen LogP contribution in [0, 0.1) is 0 Å². The molecule has 2 aromatic carbocycles. The maximum atomic E-state index is 12.0. The molecule has 9 nitrogen and oxygen atoms in total. The summed E-state index contributed by atoms with van der Waals surface area (Å²) in [6, 6.07) is 13.9. The summed E-state index contributed by atoms with van der Waals surface area (Å²) < 4.78 is 28.4. The lowest BCUT2D eigenvalue weighted by Gasteiger charge is -2.16. The third-order valence-electron chi connectivity index (χ3n) is 4.30. The number of primary sulfonamides is 1. The smallest absolute Gasteiger partial charge is 0.241 e. The maximum absolute atomic E-state index is 12.0. The van der Waals surface area contributed by atoms with Gasteiger partial charge in [0.25, 0.3) is 0 Å². The molecule has 0 saturated carbocycles. The number of guanidine groups is 1. The van der Waals surface area contributed by atoms with Crippen molar-refractivity contribution in [1.29, 1.82) is 0 Å². The molecule has 0 aromatic heterocycles. The van der Waals surface area contributed by atoms with Crippen molar-refractivity contribution in [3.8, 4) is 5.75 Å². The van der Waals surface area contributed by atoms with Gasteiger partial charge in [0.1, 0.15) is 5.75 Å². The lowest BCUT2D eigenvalue weighted by molar-refractivity contribution is -0.127. The first-order valence-electron chi connectivity index (χ1n) is 9.75. The van der Waals surface area contributed by atoms with Gasteiger partial charge in [-0.2, -0.15) is 0 Å². The number of aliphatic imine (C=N–C) groups is 1. The highest BCUT2D eigenvalue weighted by Gasteiger charge is 2.09. The molecule has 2 aromatic rings. The average molecular weight is 448 g/mol. The zero-order valence-electron chi connectivity index (χ0n) is 18.0. The molecule has 0 aliphatic rings. The first-order valence-corrected chi connectivity index (χ1v) is 11.3. The van der Waals surface area contributed by atoms with Crippen molar-refractivity contribution in [1.82, 2.24) is 15.5 Å². The van der Waals surface area contributed by atoms with Crippen LogP contribution < -0.4 is 20.5 Å². The Morgan fingerprint density at radius 2 is 1.77 bits per heavy atom. The zero-order chi connectivity index (χ0) is 22.9. The van der Waals surface area contributed by atoms with Crippen molar-refractivity contribution in [3.05, 3.63) is 59.7 Å². The second kappa shape index (κ2) is 11.3. The minimum absolute atomic E-state index is 0.0424. The van der Waals surface area contributed by atoms with Gasteiger partial charge in [0.05, 0.1) is 24.6 Å². The van der Waals surface area contributed by atoms with Gasteiger partial charge in [-0.25, -0.2) is 18.5 Å². The molecule has 0 heterocycles. The van der Waals surface area contributed by atoms with E-state index in [0.29, 0.717) is 19.1 Å². The molecule has 0 aliphatic carbocycles. The SMILES string of the molecule is CCOc1ccccc1CNC(=NCc1ccc(S(N)(=O)=O)cc1)NCC(=O)N(C)C. The van der Waals surface area contributed by atoms with Gasteiger partial charge in [0, 0.05) is 26.2 Å². The summed E-state index contributed by atoms with van der Waals surface area (Å²) in [5.41, 5.74) is 1.75. The molecule has 0 saturated heterocycles. The van der Waals surface area contributed by atoms with Gasteiger partial charge in [-0.1, -0.05) is 30.3 Å². The molecule has 4 N–H and O–H groups in total. The summed E-state index contributed by atoms with van der Waals surface area (Å²) in [5.74, 6) is 1.12. The Bertz CT molecular complexity index is 1000. The van der Waals surface area contributed by atoms with Gasteiger partial charge >= 0.3 is 0 Å². The number of carbonyl (C=O) groups excluding carboxylic acids is 1. The lowest BCUT2D eigenvalue weighted by atomic mass is 10.2. The number of nitrogens with one attached hydrogen (secondary N) is 2. The van der Waals surface area contributed by atoms with Crippen LogP contribution in [0.15, 0.2) is 58.4 Å². The summed E-state index contributed by atoms with van der Waals surface area (Å²) in [6.07, 6.45) is 0. The Morgan fingerprint density at radius 1 is 1.10 bits per heavy atom. The van der Waals surface area contributed by atoms with E-state index < -0.39 is 10.0 Å². The number of para-hydroxylation sites is 1. The molecular formula is C21H29N5O4S. The Balaban J connectivity index is 2.13. The number of amides is 1. The summed E-state index contributed by atoms with van der Waals surface area (Å²) in [6.45, 7) is 3.29. The zero-order valence-corrected chi connectivity index (χ0v) is 18.8. The summed E-state index contributed by atoms with van der Waals surface area (Å²) >= 11 is 0. The van der Waals surface area contributed by atoms with Gasteiger partial charge in [-0.05, 0) is 30.7 Å². The van der Waals surface area contributed by atoms with Gasteiger partial charge in [-0.15, -0.1) is 0 Å². The standard InChI is InChI=1S/C21H29N5O4S/c1-4-30-19-8-6-5-7-17(19)14-24-21(25-15-20(27)26(2)3)23-13-16-9-11-18(12-10-16)31(22,28)29/h5-12H,4,13-15H2,1-3H3,(H2,22,28,29)(H2,23,24,25). The van der Waals surface area contributed by atoms with E-state index in [1.54, 1.807) is 26.2 Å². The highest BCUT2D eigenvalue weighted by Crippen LogP contribution is 2.17. The van der Waals surface area contributed by atoms with Crippen LogP contribution in [-0.4, -0.2) is 52.4 Å². The van der Waals surface area contributed by atoms with Crippen LogP contribution in [0.1, 0.15) is 18.1 Å². The Kier molecular flexibility index (Phi) is 8.83. The first-order chi connectivity index (χ1) is 14.7. The predicted octanol–water partition coefficient (Wildman–Crippen LogP) is 1.06. The van der Waals surface area contributed by atoms with E-state index in [2.05, 4.69) is 15.6 Å². The van der Waals surface area contributed by atoms with E-state index in [1.807, 2.05) is 31.2 Å². The number of nitrogens with two attached hydrogens (primary N) is 1. The van der Waals surface area contributed by atoms with E-state index in [9.17, 15) is 13.2 Å². The van der Waals surface area contributed by atoms with E-state index in [1.165, 1.54) is 17.0 Å². The fraction of sp³-hybridized carbons (Fsp3) is 0.333. The van der Waals surface area contributed by atoms with Gasteiger partial charge in [-0.3, -0.25) is 4.79 Å². The Hall–Kier alpha value is -3.11. The van der Waals surface area contributed by atoms with Crippen LogP contribution in [0.4, 0.5) is 0 Å². The predicted molar refractivity (Wildman–Crippen MR) is 120 cm³/mol. The molecule has 1 amide bonds. The minimum atomic E-state index is -3.74. The molecule has 0 unspecified atom stereocenters. The van der Waals surface area contributed by atoms with Crippen molar-refractivity contribution in [2.24, 2.45) is 10.1 Å². The van der Waals surface area contributed by atoms with Crippen molar-refractivity contribution < 1.29 is 17.9 Å². The van der Waals surface area contributed by atoms with Gasteiger partial charge < -0.3 is 20.3 Å². The number of likely N-dealkylation sites (N-methyl/N-ethyl adjacent to an activating group) is 1. The molecular weight excluding hydrogens is 418 g/mol. The maximum Gasteiger partial charge on any atom is 0.241 e. The first kappa shape index (κ1) is 24.2. The number of rotatable bonds is 9. The number of carbonyl (C=O) groups is 1. The monoisotopic (exact) mass is 447 g/mol. The highest BCUT2D eigenvalue weighted by molar-refractivity contribution is 7.89. The third kappa shape index (κ3) is 7.91. The molecule has 0 aliphatic heterocycles. The van der Waals surface area contributed by atoms with E-state index in [0.717, 1.165) is 16.9 Å². The fourth-order valence-electron chi connectivity index (χ4n) is 2.57. The lowest BCUT2D eigenvalue weighted by Crippen LogP contribution is -2.42. The molecule has 168 valence electrons. The normalized spacial score (nSPS) is 11.7. The average Bonchev–Trinajstić information content (AvgIpc) is 2.73. The number of sulfonamides is 1. The van der Waals surface area contributed by atoms with Crippen molar-refractivity contribution in [2.45, 2.75) is 24.9 Å². The largest absolute Gasteiger partial charge is 0.494 e. The van der Waals surface area contributed by atoms with Crippen molar-refractivity contribution in [2.75, 3.05) is 27.2 Å². The third-order valence-corrected chi connectivity index (χ3v) is 5.23. The molecule has 0 radical (unpaired) electrons. The van der Waals surface area contributed by atoms with Crippen LogP contribution in [0.5, 0.6) is 5.75 Å². The van der Waals surface area contributed by atoms with E-state index in [4.69, 9.17) is 9.88 Å². The molecule has 31 heavy (non-hydrogen) atoms. The molecule has 10 heteroatoms. The Labute approximate surface area is 183 Å². The van der Waals surface area contributed by atoms with Crippen LogP contribution in [0.25, 0.3) is 0 Å². The summed E-state index contributed by atoms with van der Waals surface area (Å²) in [4.78, 5) is 18.0. The number of ether oxygens (including phenoxy) is 1. The van der Waals surface area contributed by atoms with Crippen molar-refractivity contribution >= 4 is 21.9 Å². The summed E-state index contributed by atoms with van der Waals surface area (Å²) in [7, 11) is -0.379. The van der Waals surface area contributed by atoms with E-state index >= 15 is 0 Å². The van der Waals surface area contributed by atoms with E-state index in [-0.39, 0.29) is 23.9 Å². The number of nitrogens with zero attached hydrogens (tertiary/aromatic N) is 2. The van der Waals surface area contributed by atoms with Crippen LogP contribution >= 0.6 is 0 Å². The Morgan fingerprint density at radius 3 is 2.39 bits per heavy atom. The number of benzene rings is 2. The topological polar surface area (TPSA) is 126 Å². The molecule has 0 spiro atoms. The van der Waals surface area contributed by atoms with Gasteiger partial charge in [0.2, 0.25) is 15.9 Å². The van der Waals surface area contributed by atoms with Crippen LogP contribution in [0.3, 0.4) is 0 Å². The number of hydrogen-bond acceptors (Lipinski definition) is 5. The molecule has 0 fully saturated rings. The molecule has 0 bridgehead atoms. The number of hydrogen-bond donors (Lipinski definition) is 3. The van der Waals surface area contributed by atoms with Gasteiger partial charge in [0.15, 0.2) is 5.96 Å². The van der Waals surface area contributed by atoms with Crippen LogP contribution in [0.2, 0.25) is 0 Å². The second-order valence-corrected chi connectivity index (χ2v) is 8.45.